The van der Waals surface area contributed by atoms with Crippen LogP contribution in [0, 0.1) is 0 Å². The molecule has 0 saturated carbocycles. The summed E-state index contributed by atoms with van der Waals surface area (Å²) in [5, 5.41) is 8.71. The predicted octanol–water partition coefficient (Wildman–Crippen LogP) is 0.381. The van der Waals surface area contributed by atoms with Gasteiger partial charge >= 0.3 is 5.97 Å². The number of amides is 1. The molecule has 0 fully saturated rings. The van der Waals surface area contributed by atoms with Crippen LogP contribution in [-0.2, 0) is 28.5 Å². The molecule has 23 heavy (non-hydrogen) atoms. The first-order chi connectivity index (χ1) is 11.1. The van der Waals surface area contributed by atoms with Crippen LogP contribution in [-0.4, -0.2) is 93.7 Å². The van der Waals surface area contributed by atoms with Crippen molar-refractivity contribution in [2.24, 2.45) is 0 Å². The summed E-state index contributed by atoms with van der Waals surface area (Å²) in [6.07, 6.45) is 0.00315. The standard InChI is InChI=1S/C14H26BrNO7/c1-16(13(17)12-15)3-5-21-7-9-23-11-10-22-8-6-20-4-2-14(18)19/h2-12H2,1H3,(H,18,19). The molecule has 0 saturated heterocycles. The van der Waals surface area contributed by atoms with Gasteiger partial charge in [0, 0.05) is 13.6 Å². The number of aliphatic carboxylic acids is 1. The summed E-state index contributed by atoms with van der Waals surface area (Å²) in [5.41, 5.74) is 0. The summed E-state index contributed by atoms with van der Waals surface area (Å²) in [5.74, 6) is -0.850. The van der Waals surface area contributed by atoms with Crippen LogP contribution in [0.25, 0.3) is 0 Å². The number of carbonyl (C=O) groups is 2. The largest absolute Gasteiger partial charge is 0.481 e. The molecule has 0 atom stereocenters. The minimum absolute atomic E-state index is 0.00315. The molecule has 0 unspecified atom stereocenters. The number of hydrogen-bond donors (Lipinski definition) is 1. The first-order valence-corrected chi connectivity index (χ1v) is 8.52. The Balaban J connectivity index is 3.13. The summed E-state index contributed by atoms with van der Waals surface area (Å²) in [6.45, 7) is 3.85. The van der Waals surface area contributed by atoms with E-state index in [9.17, 15) is 9.59 Å². The molecule has 8 nitrogen and oxygen atoms in total. The van der Waals surface area contributed by atoms with Crippen LogP contribution in [0.3, 0.4) is 0 Å². The van der Waals surface area contributed by atoms with Crippen LogP contribution >= 0.6 is 15.9 Å². The average Bonchev–Trinajstić information content (AvgIpc) is 2.53. The Morgan fingerprint density at radius 1 is 0.870 bits per heavy atom. The Morgan fingerprint density at radius 3 is 1.74 bits per heavy atom. The Bertz CT molecular complexity index is 318. The maximum atomic E-state index is 11.2. The molecule has 0 aromatic carbocycles. The van der Waals surface area contributed by atoms with Crippen molar-refractivity contribution in [3.8, 4) is 0 Å². The van der Waals surface area contributed by atoms with E-state index in [1.54, 1.807) is 11.9 Å². The Morgan fingerprint density at radius 2 is 1.30 bits per heavy atom. The molecule has 0 heterocycles. The van der Waals surface area contributed by atoms with Gasteiger partial charge in [-0.1, -0.05) is 15.9 Å². The van der Waals surface area contributed by atoms with E-state index in [0.29, 0.717) is 58.1 Å². The zero-order valence-electron chi connectivity index (χ0n) is 13.5. The fraction of sp³-hybridized carbons (Fsp3) is 0.857. The number of carbonyl (C=O) groups excluding carboxylic acids is 1. The second-order valence-corrected chi connectivity index (χ2v) is 5.10. The van der Waals surface area contributed by atoms with E-state index < -0.39 is 5.97 Å². The van der Waals surface area contributed by atoms with Gasteiger partial charge < -0.3 is 29.0 Å². The normalized spacial score (nSPS) is 10.7. The minimum atomic E-state index is -0.872. The van der Waals surface area contributed by atoms with Crippen LogP contribution in [0.1, 0.15) is 6.42 Å². The van der Waals surface area contributed by atoms with E-state index in [1.165, 1.54) is 0 Å². The Hall–Kier alpha value is -0.740. The molecule has 0 spiro atoms. The van der Waals surface area contributed by atoms with Crippen LogP contribution in [0.15, 0.2) is 0 Å². The van der Waals surface area contributed by atoms with Crippen LogP contribution < -0.4 is 0 Å². The van der Waals surface area contributed by atoms with Gasteiger partial charge in [0.25, 0.3) is 0 Å². The third-order valence-corrected chi connectivity index (χ3v) is 3.17. The first-order valence-electron chi connectivity index (χ1n) is 7.40. The van der Waals surface area contributed by atoms with Crippen molar-refractivity contribution in [2.75, 3.05) is 71.8 Å². The van der Waals surface area contributed by atoms with E-state index in [1.807, 2.05) is 0 Å². The van der Waals surface area contributed by atoms with Crippen molar-refractivity contribution in [2.45, 2.75) is 6.42 Å². The second-order valence-electron chi connectivity index (χ2n) is 4.54. The zero-order valence-corrected chi connectivity index (χ0v) is 15.1. The zero-order chi connectivity index (χ0) is 17.3. The molecule has 0 aromatic heterocycles. The van der Waals surface area contributed by atoms with E-state index in [4.69, 9.17) is 24.1 Å². The van der Waals surface area contributed by atoms with Gasteiger partial charge in [-0.25, -0.2) is 0 Å². The van der Waals surface area contributed by atoms with Crippen LogP contribution in [0.4, 0.5) is 0 Å². The van der Waals surface area contributed by atoms with Gasteiger partial charge in [-0.05, 0) is 0 Å². The molecule has 1 N–H and O–H groups in total. The Kier molecular flexibility index (Phi) is 15.6. The lowest BCUT2D eigenvalue weighted by Gasteiger charge is -2.15. The lowest BCUT2D eigenvalue weighted by Crippen LogP contribution is -2.31. The SMILES string of the molecule is CN(CCOCCOCCOCCOCCC(=O)O)C(=O)CBr. The maximum absolute atomic E-state index is 11.2. The Labute approximate surface area is 145 Å². The number of hydrogen-bond acceptors (Lipinski definition) is 6. The van der Waals surface area contributed by atoms with E-state index in [0.717, 1.165) is 0 Å². The third kappa shape index (κ3) is 15.9. The average molecular weight is 400 g/mol. The summed E-state index contributed by atoms with van der Waals surface area (Å²) >= 11 is 3.11. The fourth-order valence-corrected chi connectivity index (χ4v) is 1.78. The smallest absolute Gasteiger partial charge is 0.305 e. The van der Waals surface area contributed by atoms with Gasteiger partial charge in [0.1, 0.15) is 0 Å². The number of likely N-dealkylation sites (N-methyl/N-ethyl adjacent to an activating group) is 1. The predicted molar refractivity (Wildman–Crippen MR) is 87.0 cm³/mol. The molecule has 0 aliphatic rings. The van der Waals surface area contributed by atoms with E-state index >= 15 is 0 Å². The molecular formula is C14H26BrNO7. The number of ether oxygens (including phenoxy) is 4. The van der Waals surface area contributed by atoms with Crippen LogP contribution in [0.5, 0.6) is 0 Å². The number of rotatable bonds is 16. The molecule has 0 radical (unpaired) electrons. The molecule has 0 bridgehead atoms. The second kappa shape index (κ2) is 16.1. The van der Waals surface area contributed by atoms with Gasteiger partial charge in [-0.2, -0.15) is 0 Å². The topological polar surface area (TPSA) is 94.5 Å². The third-order valence-electron chi connectivity index (χ3n) is 2.69. The van der Waals surface area contributed by atoms with Crippen molar-refractivity contribution >= 4 is 27.8 Å². The number of carboxylic acids is 1. The van der Waals surface area contributed by atoms with E-state index in [-0.39, 0.29) is 18.9 Å². The van der Waals surface area contributed by atoms with Crippen molar-refractivity contribution in [1.82, 2.24) is 4.90 Å². The van der Waals surface area contributed by atoms with Gasteiger partial charge in [0.2, 0.25) is 5.91 Å². The quantitative estimate of drug-likeness (QED) is 0.296. The fourth-order valence-electron chi connectivity index (χ4n) is 1.35. The lowest BCUT2D eigenvalue weighted by atomic mass is 10.5. The summed E-state index contributed by atoms with van der Waals surface area (Å²) in [7, 11) is 1.73. The number of nitrogens with zero attached hydrogens (tertiary/aromatic N) is 1. The highest BCUT2D eigenvalue weighted by molar-refractivity contribution is 9.09. The summed E-state index contributed by atoms with van der Waals surface area (Å²) in [4.78, 5) is 23.1. The monoisotopic (exact) mass is 399 g/mol. The molecular weight excluding hydrogens is 374 g/mol. The van der Waals surface area contributed by atoms with E-state index in [2.05, 4.69) is 15.9 Å². The summed E-state index contributed by atoms with van der Waals surface area (Å²) in [6, 6.07) is 0. The minimum Gasteiger partial charge on any atom is -0.481 e. The van der Waals surface area contributed by atoms with Gasteiger partial charge in [-0.15, -0.1) is 0 Å². The summed E-state index contributed by atoms with van der Waals surface area (Å²) < 4.78 is 21.0. The van der Waals surface area contributed by atoms with Gasteiger partial charge in [0.05, 0.1) is 64.6 Å². The number of halogens is 1. The number of carboxylic acid groups (broad SMARTS) is 1. The molecule has 0 aliphatic heterocycles. The van der Waals surface area contributed by atoms with Crippen molar-refractivity contribution < 1.29 is 33.6 Å². The molecule has 1 amide bonds. The lowest BCUT2D eigenvalue weighted by molar-refractivity contribution is -0.138. The first kappa shape index (κ1) is 22.3. The highest BCUT2D eigenvalue weighted by Crippen LogP contribution is 1.90. The number of alkyl halides is 1. The molecule has 0 rings (SSSR count). The van der Waals surface area contributed by atoms with Crippen molar-refractivity contribution in [3.63, 3.8) is 0 Å². The van der Waals surface area contributed by atoms with Crippen molar-refractivity contribution in [1.29, 1.82) is 0 Å². The highest BCUT2D eigenvalue weighted by atomic mass is 79.9. The van der Waals surface area contributed by atoms with Gasteiger partial charge in [-0.3, -0.25) is 9.59 Å². The molecule has 136 valence electrons. The molecule has 9 heteroatoms. The maximum Gasteiger partial charge on any atom is 0.305 e. The molecule has 0 aromatic rings. The highest BCUT2D eigenvalue weighted by Gasteiger charge is 2.05. The van der Waals surface area contributed by atoms with Gasteiger partial charge in [0.15, 0.2) is 0 Å². The van der Waals surface area contributed by atoms with Crippen molar-refractivity contribution in [3.05, 3.63) is 0 Å². The molecule has 0 aliphatic carbocycles. The van der Waals surface area contributed by atoms with Crippen LogP contribution in [0.2, 0.25) is 0 Å².